The van der Waals surface area contributed by atoms with Gasteiger partial charge in [-0.1, -0.05) is 53.8 Å². The third-order valence-corrected chi connectivity index (χ3v) is 5.70. The van der Waals surface area contributed by atoms with Crippen molar-refractivity contribution in [3.8, 4) is 0 Å². The van der Waals surface area contributed by atoms with Crippen LogP contribution in [0.3, 0.4) is 0 Å². The number of carbonyl (C=O) groups excluding carboxylic acids is 1. The molecule has 0 saturated carbocycles. The molecular formula is C20H16N4OS2. The van der Waals surface area contributed by atoms with E-state index in [1.165, 1.54) is 23.1 Å². The van der Waals surface area contributed by atoms with E-state index in [-0.39, 0.29) is 5.91 Å². The van der Waals surface area contributed by atoms with Gasteiger partial charge >= 0.3 is 0 Å². The topological polar surface area (TPSA) is 58.5 Å². The van der Waals surface area contributed by atoms with Crippen LogP contribution in [0.5, 0.6) is 0 Å². The van der Waals surface area contributed by atoms with Crippen molar-refractivity contribution in [2.24, 2.45) is 4.99 Å². The summed E-state index contributed by atoms with van der Waals surface area (Å²) in [4.78, 5) is 20.0. The minimum Gasteiger partial charge on any atom is -0.268 e. The minimum atomic E-state index is -0.0885. The van der Waals surface area contributed by atoms with Gasteiger partial charge in [0.25, 0.3) is 5.91 Å². The SMILES string of the molecule is Cc1nnc(/N=C2/S/C(=C\c3ccccc3C)C(=O)N2c2ccccc2)s1. The highest BCUT2D eigenvalue weighted by Crippen LogP contribution is 2.37. The lowest BCUT2D eigenvalue weighted by Crippen LogP contribution is -2.28. The number of aromatic nitrogens is 2. The molecule has 7 heteroatoms. The maximum absolute atomic E-state index is 13.2. The zero-order valence-electron chi connectivity index (χ0n) is 14.8. The predicted octanol–water partition coefficient (Wildman–Crippen LogP) is 4.96. The Balaban J connectivity index is 1.78. The second kappa shape index (κ2) is 7.46. The molecule has 1 aromatic heterocycles. The highest BCUT2D eigenvalue weighted by atomic mass is 32.2. The van der Waals surface area contributed by atoms with E-state index >= 15 is 0 Å². The highest BCUT2D eigenvalue weighted by Gasteiger charge is 2.35. The Labute approximate surface area is 165 Å². The molecule has 0 N–H and O–H groups in total. The molecule has 5 nitrogen and oxygen atoms in total. The van der Waals surface area contributed by atoms with E-state index in [0.717, 1.165) is 21.8 Å². The van der Waals surface area contributed by atoms with Crippen LogP contribution in [0.4, 0.5) is 10.8 Å². The largest absolute Gasteiger partial charge is 0.271 e. The van der Waals surface area contributed by atoms with Crippen LogP contribution < -0.4 is 4.90 Å². The van der Waals surface area contributed by atoms with Gasteiger partial charge in [-0.15, -0.1) is 10.2 Å². The van der Waals surface area contributed by atoms with Crippen LogP contribution in [-0.4, -0.2) is 21.3 Å². The number of aliphatic imine (C=N–C) groups is 1. The summed E-state index contributed by atoms with van der Waals surface area (Å²) in [6.07, 6.45) is 1.92. The van der Waals surface area contributed by atoms with Crippen LogP contribution >= 0.6 is 23.1 Å². The summed E-state index contributed by atoms with van der Waals surface area (Å²) in [5, 5.41) is 10.0. The lowest BCUT2D eigenvalue weighted by atomic mass is 10.1. The number of thioether (sulfide) groups is 1. The number of rotatable bonds is 3. The number of para-hydroxylation sites is 1. The fourth-order valence-electron chi connectivity index (χ4n) is 2.66. The van der Waals surface area contributed by atoms with Crippen molar-refractivity contribution in [1.82, 2.24) is 10.2 Å². The third kappa shape index (κ3) is 3.70. The zero-order chi connectivity index (χ0) is 18.8. The first-order valence-corrected chi connectivity index (χ1v) is 9.98. The first kappa shape index (κ1) is 17.6. The summed E-state index contributed by atoms with van der Waals surface area (Å²) >= 11 is 2.76. The molecule has 1 amide bonds. The van der Waals surface area contributed by atoms with Gasteiger partial charge in [0.05, 0.1) is 10.6 Å². The van der Waals surface area contributed by atoms with Crippen molar-refractivity contribution in [2.75, 3.05) is 4.90 Å². The molecule has 0 spiro atoms. The molecule has 1 saturated heterocycles. The van der Waals surface area contributed by atoms with Crippen molar-refractivity contribution in [2.45, 2.75) is 13.8 Å². The normalized spacial score (nSPS) is 17.3. The second-order valence-corrected chi connectivity index (χ2v) is 8.11. The van der Waals surface area contributed by atoms with Gasteiger partial charge in [0.1, 0.15) is 5.01 Å². The molecule has 27 heavy (non-hydrogen) atoms. The van der Waals surface area contributed by atoms with Crippen molar-refractivity contribution < 1.29 is 4.79 Å². The summed E-state index contributed by atoms with van der Waals surface area (Å²) < 4.78 is 0. The highest BCUT2D eigenvalue weighted by molar-refractivity contribution is 8.19. The molecule has 0 atom stereocenters. The van der Waals surface area contributed by atoms with Crippen LogP contribution in [-0.2, 0) is 4.79 Å². The molecular weight excluding hydrogens is 376 g/mol. The summed E-state index contributed by atoms with van der Waals surface area (Å²) in [5.41, 5.74) is 2.92. The maximum Gasteiger partial charge on any atom is 0.271 e. The van der Waals surface area contributed by atoms with Gasteiger partial charge in [0.15, 0.2) is 5.17 Å². The number of benzene rings is 2. The fourth-order valence-corrected chi connectivity index (χ4v) is 4.25. The Morgan fingerprint density at radius 1 is 1.00 bits per heavy atom. The number of amidine groups is 1. The van der Waals surface area contributed by atoms with E-state index in [4.69, 9.17) is 0 Å². The molecule has 0 aliphatic carbocycles. The van der Waals surface area contributed by atoms with Crippen LogP contribution in [0.15, 0.2) is 64.5 Å². The van der Waals surface area contributed by atoms with Gasteiger partial charge in [-0.2, -0.15) is 4.99 Å². The average molecular weight is 393 g/mol. The Morgan fingerprint density at radius 2 is 1.74 bits per heavy atom. The molecule has 2 aromatic carbocycles. The first-order valence-electron chi connectivity index (χ1n) is 8.35. The summed E-state index contributed by atoms with van der Waals surface area (Å²) in [6, 6.07) is 17.5. The van der Waals surface area contributed by atoms with E-state index in [9.17, 15) is 4.79 Å². The van der Waals surface area contributed by atoms with Crippen molar-refractivity contribution >= 4 is 51.1 Å². The Hall–Kier alpha value is -2.77. The quantitative estimate of drug-likeness (QED) is 0.591. The van der Waals surface area contributed by atoms with Gasteiger partial charge in [0, 0.05) is 0 Å². The van der Waals surface area contributed by atoms with Crippen molar-refractivity contribution in [3.05, 3.63) is 75.6 Å². The molecule has 1 fully saturated rings. The number of carbonyl (C=O) groups is 1. The van der Waals surface area contributed by atoms with Gasteiger partial charge in [0.2, 0.25) is 5.13 Å². The number of anilines is 1. The monoisotopic (exact) mass is 392 g/mol. The van der Waals surface area contributed by atoms with Gasteiger partial charge in [-0.3, -0.25) is 9.69 Å². The Bertz CT molecular complexity index is 1060. The number of aryl methyl sites for hydroxylation is 2. The van der Waals surface area contributed by atoms with Crippen LogP contribution in [0.1, 0.15) is 16.1 Å². The number of amides is 1. The van der Waals surface area contributed by atoms with Crippen LogP contribution in [0, 0.1) is 13.8 Å². The second-order valence-electron chi connectivity index (χ2n) is 5.94. The fraction of sp³-hybridized carbons (Fsp3) is 0.100. The van der Waals surface area contributed by atoms with E-state index in [0.29, 0.717) is 15.2 Å². The summed E-state index contributed by atoms with van der Waals surface area (Å²) in [6.45, 7) is 3.91. The standard InChI is InChI=1S/C20H16N4OS2/c1-13-8-6-7-9-15(13)12-17-18(25)24(16-10-4-3-5-11-16)20(27-17)21-19-23-22-14(2)26-19/h3-12H,1-2H3/b17-12-,21-20+. The van der Waals surface area contributed by atoms with E-state index < -0.39 is 0 Å². The zero-order valence-corrected chi connectivity index (χ0v) is 16.4. The van der Waals surface area contributed by atoms with Crippen LogP contribution in [0.25, 0.3) is 6.08 Å². The molecule has 4 rings (SSSR count). The molecule has 0 unspecified atom stereocenters. The minimum absolute atomic E-state index is 0.0885. The molecule has 3 aromatic rings. The van der Waals surface area contributed by atoms with Crippen molar-refractivity contribution in [3.63, 3.8) is 0 Å². The number of hydrogen-bond donors (Lipinski definition) is 0. The van der Waals surface area contributed by atoms with E-state index in [1.807, 2.05) is 74.5 Å². The molecule has 0 radical (unpaired) electrons. The van der Waals surface area contributed by atoms with E-state index in [2.05, 4.69) is 15.2 Å². The molecule has 2 heterocycles. The van der Waals surface area contributed by atoms with Crippen LogP contribution in [0.2, 0.25) is 0 Å². The number of nitrogens with zero attached hydrogens (tertiary/aromatic N) is 4. The lowest BCUT2D eigenvalue weighted by Gasteiger charge is -2.14. The first-order chi connectivity index (χ1) is 13.1. The Kier molecular flexibility index (Phi) is 4.87. The molecule has 1 aliphatic rings. The maximum atomic E-state index is 13.2. The third-order valence-electron chi connectivity index (χ3n) is 4.00. The van der Waals surface area contributed by atoms with Crippen molar-refractivity contribution in [1.29, 1.82) is 0 Å². The average Bonchev–Trinajstić information content (AvgIpc) is 3.21. The van der Waals surface area contributed by atoms with E-state index in [1.54, 1.807) is 4.90 Å². The lowest BCUT2D eigenvalue weighted by molar-refractivity contribution is -0.113. The van der Waals surface area contributed by atoms with Gasteiger partial charge in [-0.05, 0) is 54.9 Å². The van der Waals surface area contributed by atoms with Gasteiger partial charge < -0.3 is 0 Å². The smallest absolute Gasteiger partial charge is 0.268 e. The molecule has 1 aliphatic heterocycles. The van der Waals surface area contributed by atoms with Gasteiger partial charge in [-0.25, -0.2) is 0 Å². The molecule has 134 valence electrons. The predicted molar refractivity (Wildman–Crippen MR) is 112 cm³/mol. The number of hydrogen-bond acceptors (Lipinski definition) is 6. The summed E-state index contributed by atoms with van der Waals surface area (Å²) in [5.74, 6) is -0.0885. The molecule has 0 bridgehead atoms. The summed E-state index contributed by atoms with van der Waals surface area (Å²) in [7, 11) is 0. The Morgan fingerprint density at radius 3 is 2.44 bits per heavy atom.